The standard InChI is InChI=1S/C13H19NO/c1-10-3-5-11(6-4-10)13(15-2)9-14-12-7-8-12/h3-6,12-14H,7-9H2,1-2H3. The van der Waals surface area contributed by atoms with E-state index >= 15 is 0 Å². The summed E-state index contributed by atoms with van der Waals surface area (Å²) in [6.07, 6.45) is 2.83. The van der Waals surface area contributed by atoms with Gasteiger partial charge in [0.25, 0.3) is 0 Å². The Morgan fingerprint density at radius 3 is 2.53 bits per heavy atom. The maximum Gasteiger partial charge on any atom is 0.0945 e. The maximum atomic E-state index is 5.49. The first-order valence-corrected chi connectivity index (χ1v) is 5.62. The van der Waals surface area contributed by atoms with Crippen LogP contribution in [-0.2, 0) is 4.74 Å². The molecule has 2 nitrogen and oxygen atoms in total. The average molecular weight is 205 g/mol. The van der Waals surface area contributed by atoms with Crippen molar-refractivity contribution in [1.82, 2.24) is 5.32 Å². The van der Waals surface area contributed by atoms with Gasteiger partial charge in [-0.25, -0.2) is 0 Å². The lowest BCUT2D eigenvalue weighted by Gasteiger charge is -2.16. The lowest BCUT2D eigenvalue weighted by atomic mass is 10.1. The van der Waals surface area contributed by atoms with Crippen molar-refractivity contribution in [3.8, 4) is 0 Å². The highest BCUT2D eigenvalue weighted by Crippen LogP contribution is 2.21. The van der Waals surface area contributed by atoms with Gasteiger partial charge in [0.2, 0.25) is 0 Å². The van der Waals surface area contributed by atoms with Crippen LogP contribution < -0.4 is 5.32 Å². The second kappa shape index (κ2) is 4.77. The molecule has 1 aromatic carbocycles. The smallest absolute Gasteiger partial charge is 0.0945 e. The molecule has 1 atom stereocenters. The van der Waals surface area contributed by atoms with Crippen LogP contribution in [0.4, 0.5) is 0 Å². The Kier molecular flexibility index (Phi) is 3.39. The van der Waals surface area contributed by atoms with Gasteiger partial charge in [-0.15, -0.1) is 0 Å². The summed E-state index contributed by atoms with van der Waals surface area (Å²) in [6, 6.07) is 9.32. The zero-order chi connectivity index (χ0) is 10.7. The molecule has 2 heteroatoms. The molecule has 2 rings (SSSR count). The van der Waals surface area contributed by atoms with Crippen molar-refractivity contribution in [1.29, 1.82) is 0 Å². The minimum absolute atomic E-state index is 0.186. The Morgan fingerprint density at radius 1 is 1.33 bits per heavy atom. The molecular weight excluding hydrogens is 186 g/mol. The largest absolute Gasteiger partial charge is 0.375 e. The highest BCUT2D eigenvalue weighted by Gasteiger charge is 2.22. The molecule has 15 heavy (non-hydrogen) atoms. The Morgan fingerprint density at radius 2 is 2.00 bits per heavy atom. The monoisotopic (exact) mass is 205 g/mol. The molecule has 1 aliphatic rings. The van der Waals surface area contributed by atoms with Gasteiger partial charge in [0.1, 0.15) is 0 Å². The van der Waals surface area contributed by atoms with E-state index in [-0.39, 0.29) is 6.10 Å². The predicted octanol–water partition coefficient (Wildman–Crippen LogP) is 2.43. The van der Waals surface area contributed by atoms with Gasteiger partial charge in [0.05, 0.1) is 6.10 Å². The van der Waals surface area contributed by atoms with Gasteiger partial charge in [-0.05, 0) is 25.3 Å². The Hall–Kier alpha value is -0.860. The highest BCUT2D eigenvalue weighted by atomic mass is 16.5. The van der Waals surface area contributed by atoms with E-state index in [0.717, 1.165) is 12.6 Å². The third-order valence-electron chi connectivity index (χ3n) is 2.90. The molecule has 1 aliphatic carbocycles. The van der Waals surface area contributed by atoms with E-state index in [1.807, 2.05) is 0 Å². The summed E-state index contributed by atoms with van der Waals surface area (Å²) < 4.78 is 5.49. The predicted molar refractivity (Wildman–Crippen MR) is 62.0 cm³/mol. The summed E-state index contributed by atoms with van der Waals surface area (Å²) >= 11 is 0. The first-order valence-electron chi connectivity index (χ1n) is 5.62. The van der Waals surface area contributed by atoms with Gasteiger partial charge in [-0.2, -0.15) is 0 Å². The fourth-order valence-electron chi connectivity index (χ4n) is 1.68. The van der Waals surface area contributed by atoms with Gasteiger partial charge in [-0.3, -0.25) is 0 Å². The van der Waals surface area contributed by atoms with Crippen LogP contribution in [0, 0.1) is 6.92 Å². The third kappa shape index (κ3) is 3.05. The molecule has 0 heterocycles. The van der Waals surface area contributed by atoms with Crippen LogP contribution in [0.5, 0.6) is 0 Å². The molecule has 0 aliphatic heterocycles. The van der Waals surface area contributed by atoms with E-state index in [0.29, 0.717) is 0 Å². The fraction of sp³-hybridized carbons (Fsp3) is 0.538. The van der Waals surface area contributed by atoms with Gasteiger partial charge in [0.15, 0.2) is 0 Å². The topological polar surface area (TPSA) is 21.3 Å². The van der Waals surface area contributed by atoms with Crippen molar-refractivity contribution >= 4 is 0 Å². The van der Waals surface area contributed by atoms with Crippen LogP contribution in [-0.4, -0.2) is 19.7 Å². The molecular formula is C13H19NO. The zero-order valence-electron chi connectivity index (χ0n) is 9.49. The fourth-order valence-corrected chi connectivity index (χ4v) is 1.68. The second-order valence-corrected chi connectivity index (χ2v) is 4.32. The molecule has 0 spiro atoms. The summed E-state index contributed by atoms with van der Waals surface area (Å²) in [5, 5.41) is 3.50. The minimum atomic E-state index is 0.186. The molecule has 0 amide bonds. The first-order chi connectivity index (χ1) is 7.29. The summed E-state index contributed by atoms with van der Waals surface area (Å²) in [6.45, 7) is 3.03. The van der Waals surface area contributed by atoms with Crippen LogP contribution in [0.2, 0.25) is 0 Å². The van der Waals surface area contributed by atoms with E-state index in [9.17, 15) is 0 Å². The number of hydrogen-bond donors (Lipinski definition) is 1. The van der Waals surface area contributed by atoms with Gasteiger partial charge < -0.3 is 10.1 Å². The normalized spacial score (nSPS) is 17.7. The summed E-state index contributed by atoms with van der Waals surface area (Å²) in [5.74, 6) is 0. The van der Waals surface area contributed by atoms with Crippen molar-refractivity contribution in [2.75, 3.05) is 13.7 Å². The Bertz CT molecular complexity index is 303. The number of ether oxygens (including phenoxy) is 1. The highest BCUT2D eigenvalue weighted by molar-refractivity contribution is 5.23. The van der Waals surface area contributed by atoms with Crippen LogP contribution in [0.1, 0.15) is 30.1 Å². The molecule has 0 aromatic heterocycles. The molecule has 1 aromatic rings. The summed E-state index contributed by atoms with van der Waals surface area (Å²) in [5.41, 5.74) is 2.56. The van der Waals surface area contributed by atoms with Crippen LogP contribution in [0.3, 0.4) is 0 Å². The van der Waals surface area contributed by atoms with E-state index in [1.165, 1.54) is 24.0 Å². The van der Waals surface area contributed by atoms with Crippen LogP contribution in [0.15, 0.2) is 24.3 Å². The third-order valence-corrected chi connectivity index (χ3v) is 2.90. The van der Waals surface area contributed by atoms with Gasteiger partial charge in [0, 0.05) is 19.7 Å². The lowest BCUT2D eigenvalue weighted by molar-refractivity contribution is 0.102. The van der Waals surface area contributed by atoms with E-state index in [2.05, 4.69) is 36.5 Å². The quantitative estimate of drug-likeness (QED) is 0.797. The van der Waals surface area contributed by atoms with Crippen molar-refractivity contribution in [2.45, 2.75) is 31.9 Å². The maximum absolute atomic E-state index is 5.49. The molecule has 1 unspecified atom stereocenters. The first kappa shape index (κ1) is 10.7. The average Bonchev–Trinajstić information content (AvgIpc) is 3.05. The van der Waals surface area contributed by atoms with Crippen LogP contribution >= 0.6 is 0 Å². The lowest BCUT2D eigenvalue weighted by Crippen LogP contribution is -2.24. The second-order valence-electron chi connectivity index (χ2n) is 4.32. The molecule has 82 valence electrons. The van der Waals surface area contributed by atoms with Gasteiger partial charge in [-0.1, -0.05) is 29.8 Å². The molecule has 0 bridgehead atoms. The zero-order valence-corrected chi connectivity index (χ0v) is 9.49. The van der Waals surface area contributed by atoms with Gasteiger partial charge >= 0.3 is 0 Å². The summed E-state index contributed by atoms with van der Waals surface area (Å²) in [7, 11) is 1.78. The minimum Gasteiger partial charge on any atom is -0.375 e. The Balaban J connectivity index is 1.94. The SMILES string of the molecule is COC(CNC1CC1)c1ccc(C)cc1. The number of rotatable bonds is 5. The van der Waals surface area contributed by atoms with Crippen molar-refractivity contribution in [3.05, 3.63) is 35.4 Å². The molecule has 1 N–H and O–H groups in total. The van der Waals surface area contributed by atoms with Crippen molar-refractivity contribution in [2.24, 2.45) is 0 Å². The number of benzene rings is 1. The van der Waals surface area contributed by atoms with E-state index in [4.69, 9.17) is 4.74 Å². The van der Waals surface area contributed by atoms with Crippen molar-refractivity contribution < 1.29 is 4.74 Å². The number of nitrogens with one attached hydrogen (secondary N) is 1. The molecule has 1 saturated carbocycles. The van der Waals surface area contributed by atoms with E-state index in [1.54, 1.807) is 7.11 Å². The molecule has 0 saturated heterocycles. The molecule has 0 radical (unpaired) electrons. The Labute approximate surface area is 91.6 Å². The number of aryl methyl sites for hydroxylation is 1. The van der Waals surface area contributed by atoms with E-state index < -0.39 is 0 Å². The number of hydrogen-bond acceptors (Lipinski definition) is 2. The number of methoxy groups -OCH3 is 1. The summed E-state index contributed by atoms with van der Waals surface area (Å²) in [4.78, 5) is 0. The van der Waals surface area contributed by atoms with Crippen LogP contribution in [0.25, 0.3) is 0 Å². The van der Waals surface area contributed by atoms with Crippen molar-refractivity contribution in [3.63, 3.8) is 0 Å². The molecule has 1 fully saturated rings.